The number of ether oxygens (including phenoxy) is 1. The minimum atomic E-state index is -0.183. The Bertz CT molecular complexity index is 474. The van der Waals surface area contributed by atoms with Gasteiger partial charge in [0.15, 0.2) is 0 Å². The van der Waals surface area contributed by atoms with E-state index in [-0.39, 0.29) is 24.4 Å². The van der Waals surface area contributed by atoms with Gasteiger partial charge in [0, 0.05) is 24.7 Å². The van der Waals surface area contributed by atoms with Gasteiger partial charge >= 0.3 is 0 Å². The third kappa shape index (κ3) is 4.57. The van der Waals surface area contributed by atoms with Crippen LogP contribution in [0.5, 0.6) is 5.75 Å². The molecule has 0 heterocycles. The Kier molecular flexibility index (Phi) is 6.03. The lowest BCUT2D eigenvalue weighted by Crippen LogP contribution is -2.42. The van der Waals surface area contributed by atoms with Gasteiger partial charge < -0.3 is 15.0 Å². The average Bonchev–Trinajstić information content (AvgIpc) is 2.44. The molecule has 0 aliphatic heterocycles. The normalized spacial score (nSPS) is 11.6. The summed E-state index contributed by atoms with van der Waals surface area (Å²) in [6, 6.07) is 7.19. The molecule has 0 radical (unpaired) electrons. The van der Waals surface area contributed by atoms with Crippen LogP contribution in [0.15, 0.2) is 24.3 Å². The van der Waals surface area contributed by atoms with E-state index in [1.54, 1.807) is 31.4 Å². The van der Waals surface area contributed by atoms with Gasteiger partial charge in [-0.25, -0.2) is 0 Å². The first-order chi connectivity index (χ1) is 9.47. The molecule has 0 bridgehead atoms. The van der Waals surface area contributed by atoms with Crippen molar-refractivity contribution in [3.05, 3.63) is 24.3 Å². The largest absolute Gasteiger partial charge is 0.497 e. The Morgan fingerprint density at radius 2 is 2.10 bits per heavy atom. The van der Waals surface area contributed by atoms with Gasteiger partial charge in [0.2, 0.25) is 11.8 Å². The zero-order valence-corrected chi connectivity index (χ0v) is 12.5. The maximum atomic E-state index is 11.9. The maximum Gasteiger partial charge on any atom is 0.240 e. The quantitative estimate of drug-likeness (QED) is 0.865. The van der Waals surface area contributed by atoms with Crippen molar-refractivity contribution >= 4 is 17.5 Å². The number of hydrogen-bond donors (Lipinski definition) is 1. The summed E-state index contributed by atoms with van der Waals surface area (Å²) in [6.45, 7) is 5.38. The van der Waals surface area contributed by atoms with Crippen molar-refractivity contribution in [1.29, 1.82) is 0 Å². The number of anilines is 1. The molecule has 1 N–H and O–H groups in total. The predicted octanol–water partition coefficient (Wildman–Crippen LogP) is 1.96. The molecule has 1 rings (SSSR count). The summed E-state index contributed by atoms with van der Waals surface area (Å²) in [6.07, 6.45) is 0.852. The Morgan fingerprint density at radius 3 is 2.65 bits per heavy atom. The Morgan fingerprint density at radius 1 is 1.40 bits per heavy atom. The number of nitrogens with zero attached hydrogens (tertiary/aromatic N) is 1. The van der Waals surface area contributed by atoms with Crippen LogP contribution in [0.3, 0.4) is 0 Å². The number of amides is 2. The lowest BCUT2D eigenvalue weighted by atomic mass is 10.2. The molecule has 0 aliphatic carbocycles. The highest BCUT2D eigenvalue weighted by molar-refractivity contribution is 5.97. The lowest BCUT2D eigenvalue weighted by Gasteiger charge is -2.22. The van der Waals surface area contributed by atoms with E-state index in [9.17, 15) is 9.59 Å². The van der Waals surface area contributed by atoms with Crippen molar-refractivity contribution in [3.8, 4) is 5.75 Å². The van der Waals surface area contributed by atoms with Gasteiger partial charge in [0.05, 0.1) is 7.11 Å². The predicted molar refractivity (Wildman–Crippen MR) is 78.9 cm³/mol. The highest BCUT2D eigenvalue weighted by Crippen LogP contribution is 2.20. The molecule has 0 fully saturated rings. The number of carbonyl (C=O) groups excluding carboxylic acids is 2. The van der Waals surface area contributed by atoms with Crippen molar-refractivity contribution in [2.45, 2.75) is 33.2 Å². The zero-order valence-electron chi connectivity index (χ0n) is 12.5. The fourth-order valence-corrected chi connectivity index (χ4v) is 1.73. The van der Waals surface area contributed by atoms with E-state index in [2.05, 4.69) is 5.32 Å². The van der Waals surface area contributed by atoms with Gasteiger partial charge in [0.1, 0.15) is 12.3 Å². The minimum absolute atomic E-state index is 0.00679. The number of nitrogens with one attached hydrogen (secondary N) is 1. The van der Waals surface area contributed by atoms with Crippen LogP contribution in [0, 0.1) is 0 Å². The van der Waals surface area contributed by atoms with Crippen molar-refractivity contribution < 1.29 is 14.3 Å². The highest BCUT2D eigenvalue weighted by Gasteiger charge is 2.17. The Labute approximate surface area is 119 Å². The second kappa shape index (κ2) is 7.53. The van der Waals surface area contributed by atoms with E-state index >= 15 is 0 Å². The van der Waals surface area contributed by atoms with Crippen molar-refractivity contribution in [3.63, 3.8) is 0 Å². The standard InChI is InChI=1S/C15H22N2O3/c1-5-11(2)16-15(19)10-17(12(3)18)13-7-6-8-14(9-13)20-4/h6-9,11H,5,10H2,1-4H3,(H,16,19). The van der Waals surface area contributed by atoms with Crippen molar-refractivity contribution in [1.82, 2.24) is 5.32 Å². The van der Waals surface area contributed by atoms with E-state index in [1.807, 2.05) is 13.8 Å². The maximum absolute atomic E-state index is 11.9. The van der Waals surface area contributed by atoms with Gasteiger partial charge in [-0.15, -0.1) is 0 Å². The molecule has 1 unspecified atom stereocenters. The van der Waals surface area contributed by atoms with Crippen LogP contribution in [0.2, 0.25) is 0 Å². The number of methoxy groups -OCH3 is 1. The second-order valence-electron chi connectivity index (χ2n) is 4.68. The number of hydrogen-bond acceptors (Lipinski definition) is 3. The molecular weight excluding hydrogens is 256 g/mol. The van der Waals surface area contributed by atoms with Gasteiger partial charge in [-0.1, -0.05) is 13.0 Å². The molecular formula is C15H22N2O3. The average molecular weight is 278 g/mol. The molecule has 2 amide bonds. The fourth-order valence-electron chi connectivity index (χ4n) is 1.73. The molecule has 5 nitrogen and oxygen atoms in total. The number of carbonyl (C=O) groups is 2. The van der Waals surface area contributed by atoms with Gasteiger partial charge in [-0.05, 0) is 25.5 Å². The van der Waals surface area contributed by atoms with Crippen LogP contribution < -0.4 is 15.0 Å². The first-order valence-electron chi connectivity index (χ1n) is 6.69. The topological polar surface area (TPSA) is 58.6 Å². The van der Waals surface area contributed by atoms with E-state index in [0.717, 1.165) is 6.42 Å². The van der Waals surface area contributed by atoms with Crippen LogP contribution >= 0.6 is 0 Å². The molecule has 0 aliphatic rings. The van der Waals surface area contributed by atoms with E-state index in [0.29, 0.717) is 11.4 Å². The summed E-state index contributed by atoms with van der Waals surface area (Å²) in [4.78, 5) is 25.1. The monoisotopic (exact) mass is 278 g/mol. The summed E-state index contributed by atoms with van der Waals surface area (Å²) in [5.41, 5.74) is 0.649. The Hall–Kier alpha value is -2.04. The molecule has 0 saturated carbocycles. The van der Waals surface area contributed by atoms with Crippen LogP contribution in [0.1, 0.15) is 27.2 Å². The smallest absolute Gasteiger partial charge is 0.240 e. The highest BCUT2D eigenvalue weighted by atomic mass is 16.5. The van der Waals surface area contributed by atoms with E-state index < -0.39 is 0 Å². The summed E-state index contributed by atoms with van der Waals surface area (Å²) in [7, 11) is 1.56. The van der Waals surface area contributed by atoms with Gasteiger partial charge in [-0.2, -0.15) is 0 Å². The first kappa shape index (κ1) is 16.0. The third-order valence-corrected chi connectivity index (χ3v) is 3.07. The molecule has 20 heavy (non-hydrogen) atoms. The summed E-state index contributed by atoms with van der Waals surface area (Å²) < 4.78 is 5.13. The van der Waals surface area contributed by atoms with Crippen LogP contribution in [-0.4, -0.2) is 31.5 Å². The first-order valence-corrected chi connectivity index (χ1v) is 6.69. The SMILES string of the molecule is CCC(C)NC(=O)CN(C(C)=O)c1cccc(OC)c1. The molecule has 0 aromatic heterocycles. The fraction of sp³-hybridized carbons (Fsp3) is 0.467. The van der Waals surface area contributed by atoms with Crippen LogP contribution in [0.4, 0.5) is 5.69 Å². The van der Waals surface area contributed by atoms with Gasteiger partial charge in [0.25, 0.3) is 0 Å². The number of benzene rings is 1. The second-order valence-corrected chi connectivity index (χ2v) is 4.68. The molecule has 0 spiro atoms. The molecule has 1 aromatic rings. The van der Waals surface area contributed by atoms with E-state index in [1.165, 1.54) is 11.8 Å². The van der Waals surface area contributed by atoms with Crippen molar-refractivity contribution in [2.75, 3.05) is 18.6 Å². The molecule has 1 atom stereocenters. The molecule has 5 heteroatoms. The third-order valence-electron chi connectivity index (χ3n) is 3.07. The molecule has 1 aromatic carbocycles. The summed E-state index contributed by atoms with van der Waals surface area (Å²) in [5.74, 6) is 0.297. The number of rotatable bonds is 6. The lowest BCUT2D eigenvalue weighted by molar-refractivity contribution is -0.123. The molecule has 110 valence electrons. The van der Waals surface area contributed by atoms with Crippen molar-refractivity contribution in [2.24, 2.45) is 0 Å². The minimum Gasteiger partial charge on any atom is -0.497 e. The molecule has 0 saturated heterocycles. The van der Waals surface area contributed by atoms with Gasteiger partial charge in [-0.3, -0.25) is 9.59 Å². The summed E-state index contributed by atoms with van der Waals surface area (Å²) >= 11 is 0. The Balaban J connectivity index is 2.83. The summed E-state index contributed by atoms with van der Waals surface area (Å²) in [5, 5.41) is 2.85. The van der Waals surface area contributed by atoms with Crippen LogP contribution in [0.25, 0.3) is 0 Å². The zero-order chi connectivity index (χ0) is 15.1. The van der Waals surface area contributed by atoms with E-state index in [4.69, 9.17) is 4.74 Å². The van der Waals surface area contributed by atoms with Crippen LogP contribution in [-0.2, 0) is 9.59 Å².